The summed E-state index contributed by atoms with van der Waals surface area (Å²) < 4.78 is 32.7. The summed E-state index contributed by atoms with van der Waals surface area (Å²) in [7, 11) is -3.62. The van der Waals surface area contributed by atoms with Crippen LogP contribution in [-0.2, 0) is 10.1 Å². The van der Waals surface area contributed by atoms with Crippen LogP contribution in [0.2, 0.25) is 0 Å². The number of thiol groups is 1. The highest BCUT2D eigenvalue weighted by atomic mass is 32.2. The minimum atomic E-state index is -3.62. The molecule has 0 aliphatic carbocycles. The van der Waals surface area contributed by atoms with Gasteiger partial charge < -0.3 is 8.60 Å². The van der Waals surface area contributed by atoms with Crippen LogP contribution >= 0.6 is 12.6 Å². The number of hydrogen-bond acceptors (Lipinski definition) is 5. The van der Waals surface area contributed by atoms with Crippen molar-refractivity contribution in [2.45, 2.75) is 16.7 Å². The number of rotatable bonds is 0. The van der Waals surface area contributed by atoms with Crippen molar-refractivity contribution in [3.63, 3.8) is 0 Å². The van der Waals surface area contributed by atoms with Gasteiger partial charge in [0.15, 0.2) is 10.5 Å². The second-order valence-electron chi connectivity index (χ2n) is 2.93. The molecule has 3 rings (SSSR count). The number of benzene rings is 1. The highest BCUT2D eigenvalue weighted by Gasteiger charge is 2.41. The van der Waals surface area contributed by atoms with Crippen molar-refractivity contribution < 1.29 is 17.0 Å². The molecule has 13 heavy (non-hydrogen) atoms. The van der Waals surface area contributed by atoms with E-state index in [1.807, 2.05) is 0 Å². The molecule has 0 saturated heterocycles. The summed E-state index contributed by atoms with van der Waals surface area (Å²) in [5.74, 6) is 0.235. The first-order valence-corrected chi connectivity index (χ1v) is 5.40. The highest BCUT2D eigenvalue weighted by molar-refractivity contribution is 7.88. The molecule has 6 heteroatoms. The van der Waals surface area contributed by atoms with Crippen LogP contribution in [-0.4, -0.2) is 8.42 Å². The molecule has 0 N–H and O–H groups in total. The monoisotopic (exact) mass is 216 g/mol. The quantitative estimate of drug-likeness (QED) is 0.536. The Balaban J connectivity index is 2.66. The molecule has 0 amide bonds. The van der Waals surface area contributed by atoms with Gasteiger partial charge in [-0.05, 0) is 6.92 Å². The predicted octanol–water partition coefficient (Wildman–Crippen LogP) is 1.55. The van der Waals surface area contributed by atoms with E-state index in [2.05, 4.69) is 12.6 Å². The molecule has 2 bridgehead atoms. The van der Waals surface area contributed by atoms with E-state index in [1.54, 1.807) is 6.92 Å². The minimum Gasteiger partial charge on any atom is -0.450 e. The van der Waals surface area contributed by atoms with Crippen molar-refractivity contribution in [1.82, 2.24) is 0 Å². The summed E-state index contributed by atoms with van der Waals surface area (Å²) in [6, 6.07) is 0. The van der Waals surface area contributed by atoms with Crippen LogP contribution in [0.4, 0.5) is 0 Å². The van der Waals surface area contributed by atoms with Gasteiger partial charge in [-0.15, -0.1) is 12.6 Å². The molecule has 0 saturated carbocycles. The van der Waals surface area contributed by atoms with E-state index in [4.69, 9.17) is 8.60 Å². The van der Waals surface area contributed by atoms with Gasteiger partial charge in [0.25, 0.3) is 0 Å². The summed E-state index contributed by atoms with van der Waals surface area (Å²) >= 11 is 4.11. The van der Waals surface area contributed by atoms with E-state index in [1.165, 1.54) is 0 Å². The summed E-state index contributed by atoms with van der Waals surface area (Å²) in [6.07, 6.45) is 0. The molecular formula is C7H4O4S2. The van der Waals surface area contributed by atoms with Crippen LogP contribution in [0.5, 0.6) is 5.75 Å². The topological polar surface area (TPSA) is 56.5 Å². The van der Waals surface area contributed by atoms with E-state index in [9.17, 15) is 8.42 Å². The Morgan fingerprint density at radius 1 is 1.31 bits per heavy atom. The molecule has 4 nitrogen and oxygen atoms in total. The molecule has 2 aromatic rings. The lowest BCUT2D eigenvalue weighted by Gasteiger charge is -1.92. The van der Waals surface area contributed by atoms with E-state index >= 15 is 0 Å². The fourth-order valence-electron chi connectivity index (χ4n) is 1.61. The molecule has 1 aliphatic heterocycles. The first-order chi connectivity index (χ1) is 6.02. The molecule has 68 valence electrons. The second kappa shape index (κ2) is 1.80. The van der Waals surface area contributed by atoms with Crippen molar-refractivity contribution >= 4 is 33.9 Å². The normalized spacial score (nSPS) is 18.3. The zero-order valence-electron chi connectivity index (χ0n) is 6.49. The maximum Gasteiger partial charge on any atom is 0.343 e. The first kappa shape index (κ1) is 7.52. The van der Waals surface area contributed by atoms with Crippen LogP contribution < -0.4 is 4.18 Å². The van der Waals surface area contributed by atoms with Crippen molar-refractivity contribution in [3.8, 4) is 5.75 Å². The van der Waals surface area contributed by atoms with E-state index in [-0.39, 0.29) is 10.6 Å². The molecule has 0 unspecified atom stereocenters. The Morgan fingerprint density at radius 2 is 2.00 bits per heavy atom. The molecule has 0 fully saturated rings. The summed E-state index contributed by atoms with van der Waals surface area (Å²) in [6.45, 7) is 1.68. The standard InChI is InChI=1S/C7H4O4S2/c1-2-3-6(12)4-5(10-3)7(2)13(8,9)11-4/h12H,1H3. The molecule has 0 spiro atoms. The summed E-state index contributed by atoms with van der Waals surface area (Å²) in [5, 5.41) is 0. The summed E-state index contributed by atoms with van der Waals surface area (Å²) in [5.41, 5.74) is 1.39. The Morgan fingerprint density at radius 3 is 2.62 bits per heavy atom. The Labute approximate surface area is 79.3 Å². The minimum absolute atomic E-state index is 0.162. The van der Waals surface area contributed by atoms with Crippen molar-refractivity contribution in [2.75, 3.05) is 0 Å². The van der Waals surface area contributed by atoms with E-state index in [0.717, 1.165) is 0 Å². The fourth-order valence-corrected chi connectivity index (χ4v) is 3.33. The van der Waals surface area contributed by atoms with Crippen LogP contribution in [0.1, 0.15) is 5.56 Å². The number of hydrogen-bond donors (Lipinski definition) is 1. The predicted molar refractivity (Wildman–Crippen MR) is 47.2 cm³/mol. The van der Waals surface area contributed by atoms with Gasteiger partial charge in [0.1, 0.15) is 5.58 Å². The third kappa shape index (κ3) is 0.636. The van der Waals surface area contributed by atoms with E-state index < -0.39 is 10.1 Å². The average Bonchev–Trinajstić information content (AvgIpc) is 2.54. The smallest absolute Gasteiger partial charge is 0.343 e. The van der Waals surface area contributed by atoms with Gasteiger partial charge in [0.2, 0.25) is 5.75 Å². The SMILES string of the molecule is Cc1c2c3oc1c(S)c3OS2(=O)=O. The number of fused-ring (bicyclic) bond motifs is 1. The zero-order chi connectivity index (χ0) is 9.38. The van der Waals surface area contributed by atoms with Crippen LogP contribution in [0.15, 0.2) is 14.2 Å². The van der Waals surface area contributed by atoms with Crippen molar-refractivity contribution in [2.24, 2.45) is 0 Å². The second-order valence-corrected chi connectivity index (χ2v) is 4.86. The molecule has 0 atom stereocenters. The number of aryl methyl sites for hydroxylation is 1. The van der Waals surface area contributed by atoms with Crippen molar-refractivity contribution in [3.05, 3.63) is 5.56 Å². The van der Waals surface area contributed by atoms with Gasteiger partial charge in [-0.1, -0.05) is 0 Å². The van der Waals surface area contributed by atoms with Gasteiger partial charge in [-0.2, -0.15) is 8.42 Å². The van der Waals surface area contributed by atoms with Gasteiger partial charge in [-0.3, -0.25) is 0 Å². The lowest BCUT2D eigenvalue weighted by molar-refractivity contribution is 0.495. The third-order valence-corrected chi connectivity index (χ3v) is 3.95. The lowest BCUT2D eigenvalue weighted by Crippen LogP contribution is -2.03. The van der Waals surface area contributed by atoms with Gasteiger partial charge in [0.05, 0.1) is 4.90 Å². The molecule has 3 heterocycles. The Hall–Kier alpha value is -0.880. The van der Waals surface area contributed by atoms with E-state index in [0.29, 0.717) is 21.6 Å². The molecule has 0 aromatic carbocycles. The first-order valence-electron chi connectivity index (χ1n) is 3.54. The summed E-state index contributed by atoms with van der Waals surface area (Å²) in [4.78, 5) is 0.632. The Kier molecular flexibility index (Phi) is 1.04. The fraction of sp³-hybridized carbons (Fsp3) is 0.143. The van der Waals surface area contributed by atoms with Crippen molar-refractivity contribution in [1.29, 1.82) is 0 Å². The molecular weight excluding hydrogens is 212 g/mol. The molecule has 0 radical (unpaired) electrons. The van der Waals surface area contributed by atoms with Gasteiger partial charge in [0, 0.05) is 5.56 Å². The van der Waals surface area contributed by atoms with Crippen LogP contribution in [0, 0.1) is 6.92 Å². The maximum absolute atomic E-state index is 11.4. The van der Waals surface area contributed by atoms with Crippen LogP contribution in [0.3, 0.4) is 0 Å². The zero-order valence-corrected chi connectivity index (χ0v) is 8.20. The van der Waals surface area contributed by atoms with Crippen LogP contribution in [0.25, 0.3) is 11.2 Å². The molecule has 2 aromatic heterocycles. The number of furan rings is 2. The largest absolute Gasteiger partial charge is 0.450 e. The van der Waals surface area contributed by atoms with Gasteiger partial charge in [-0.25, -0.2) is 0 Å². The maximum atomic E-state index is 11.4. The lowest BCUT2D eigenvalue weighted by atomic mass is 10.2. The highest BCUT2D eigenvalue weighted by Crippen LogP contribution is 2.51. The third-order valence-electron chi connectivity index (χ3n) is 2.17. The Bertz CT molecular complexity index is 608. The average molecular weight is 216 g/mol. The van der Waals surface area contributed by atoms with Gasteiger partial charge >= 0.3 is 10.1 Å². The molecule has 1 aliphatic rings.